The van der Waals surface area contributed by atoms with E-state index in [4.69, 9.17) is 0 Å². The number of β-amino-alcohol motifs (C(OH)–C–C–N with tert-alkyl or cyclic N) is 1. The molecule has 1 aromatic rings. The maximum Gasteiger partial charge on any atom is 0.0839 e. The normalized spacial score (nSPS) is 20.1. The molecule has 1 aliphatic rings. The molecule has 1 aromatic carbocycles. The maximum absolute atomic E-state index is 10.2. The van der Waals surface area contributed by atoms with Crippen molar-refractivity contribution in [2.75, 3.05) is 31.1 Å². The van der Waals surface area contributed by atoms with Crippen molar-refractivity contribution in [2.24, 2.45) is 11.8 Å². The SMILES string of the molecule is CC(C)CNCC(O)CN1CC(C)Cc2ccccc21. The molecule has 0 spiro atoms. The van der Waals surface area contributed by atoms with Crippen LogP contribution in [0.5, 0.6) is 0 Å². The molecule has 2 atom stereocenters. The molecule has 1 heterocycles. The van der Waals surface area contributed by atoms with Crippen molar-refractivity contribution < 1.29 is 5.11 Å². The first-order valence-corrected chi connectivity index (χ1v) is 7.78. The third kappa shape index (κ3) is 4.22. The molecule has 0 saturated heterocycles. The molecule has 3 nitrogen and oxygen atoms in total. The second-order valence-corrected chi connectivity index (χ2v) is 6.55. The number of anilines is 1. The number of benzene rings is 1. The molecule has 0 saturated carbocycles. The van der Waals surface area contributed by atoms with Crippen LogP contribution in [0.2, 0.25) is 0 Å². The number of hydrogen-bond acceptors (Lipinski definition) is 3. The van der Waals surface area contributed by atoms with E-state index in [1.54, 1.807) is 0 Å². The lowest BCUT2D eigenvalue weighted by atomic mass is 9.93. The average molecular weight is 276 g/mol. The van der Waals surface area contributed by atoms with Gasteiger partial charge in [-0.2, -0.15) is 0 Å². The van der Waals surface area contributed by atoms with Gasteiger partial charge < -0.3 is 15.3 Å². The van der Waals surface area contributed by atoms with Crippen LogP contribution in [0.15, 0.2) is 24.3 Å². The fourth-order valence-electron chi connectivity index (χ4n) is 2.94. The van der Waals surface area contributed by atoms with E-state index in [-0.39, 0.29) is 6.10 Å². The average Bonchev–Trinajstić information content (AvgIpc) is 2.38. The number of para-hydroxylation sites is 1. The van der Waals surface area contributed by atoms with Gasteiger partial charge in [-0.25, -0.2) is 0 Å². The summed E-state index contributed by atoms with van der Waals surface area (Å²) in [5.41, 5.74) is 2.71. The Labute approximate surface area is 123 Å². The molecular weight excluding hydrogens is 248 g/mol. The standard InChI is InChI=1S/C17H28N2O/c1-13(2)9-18-10-16(20)12-19-11-14(3)8-15-6-4-5-7-17(15)19/h4-7,13-14,16,18,20H,8-12H2,1-3H3. The lowest BCUT2D eigenvalue weighted by molar-refractivity contribution is 0.173. The second kappa shape index (κ2) is 7.09. The molecule has 0 bridgehead atoms. The van der Waals surface area contributed by atoms with E-state index in [2.05, 4.69) is 55.3 Å². The number of nitrogens with one attached hydrogen (secondary N) is 1. The zero-order chi connectivity index (χ0) is 14.5. The first-order chi connectivity index (χ1) is 9.56. The summed E-state index contributed by atoms with van der Waals surface area (Å²) in [6.45, 7) is 10.0. The van der Waals surface area contributed by atoms with Crippen LogP contribution in [-0.2, 0) is 6.42 Å². The van der Waals surface area contributed by atoms with E-state index in [9.17, 15) is 5.11 Å². The van der Waals surface area contributed by atoms with Gasteiger partial charge >= 0.3 is 0 Å². The van der Waals surface area contributed by atoms with Crippen LogP contribution in [0.3, 0.4) is 0 Å². The van der Waals surface area contributed by atoms with Crippen LogP contribution in [-0.4, -0.2) is 37.4 Å². The summed E-state index contributed by atoms with van der Waals surface area (Å²) in [7, 11) is 0. The van der Waals surface area contributed by atoms with E-state index in [0.29, 0.717) is 24.9 Å². The Morgan fingerprint density at radius 3 is 2.80 bits per heavy atom. The Morgan fingerprint density at radius 2 is 2.05 bits per heavy atom. The first kappa shape index (κ1) is 15.3. The lowest BCUT2D eigenvalue weighted by Gasteiger charge is -2.36. The number of aliphatic hydroxyl groups excluding tert-OH is 1. The minimum atomic E-state index is -0.313. The largest absolute Gasteiger partial charge is 0.390 e. The minimum absolute atomic E-state index is 0.313. The lowest BCUT2D eigenvalue weighted by Crippen LogP contribution is -2.43. The van der Waals surface area contributed by atoms with Gasteiger partial charge in [0.25, 0.3) is 0 Å². The number of fused-ring (bicyclic) bond motifs is 1. The van der Waals surface area contributed by atoms with Gasteiger partial charge in [0.05, 0.1) is 6.10 Å². The fourth-order valence-corrected chi connectivity index (χ4v) is 2.94. The topological polar surface area (TPSA) is 35.5 Å². The quantitative estimate of drug-likeness (QED) is 0.837. The molecule has 0 fully saturated rings. The summed E-state index contributed by atoms with van der Waals surface area (Å²) >= 11 is 0. The van der Waals surface area contributed by atoms with Gasteiger partial charge in [0, 0.05) is 25.3 Å². The van der Waals surface area contributed by atoms with E-state index in [1.807, 2.05) is 0 Å². The van der Waals surface area contributed by atoms with Crippen molar-refractivity contribution in [2.45, 2.75) is 33.3 Å². The van der Waals surface area contributed by atoms with E-state index < -0.39 is 0 Å². The first-order valence-electron chi connectivity index (χ1n) is 7.78. The predicted octanol–water partition coefficient (Wildman–Crippen LogP) is 2.29. The van der Waals surface area contributed by atoms with Gasteiger partial charge in [-0.05, 0) is 36.4 Å². The van der Waals surface area contributed by atoms with Crippen LogP contribution in [0.25, 0.3) is 0 Å². The van der Waals surface area contributed by atoms with Crippen LogP contribution in [0, 0.1) is 11.8 Å². The minimum Gasteiger partial charge on any atom is -0.390 e. The summed E-state index contributed by atoms with van der Waals surface area (Å²) in [6, 6.07) is 8.58. The van der Waals surface area contributed by atoms with Gasteiger partial charge in [-0.3, -0.25) is 0 Å². The number of nitrogens with zero attached hydrogens (tertiary/aromatic N) is 1. The molecule has 0 radical (unpaired) electrons. The van der Waals surface area contributed by atoms with Gasteiger partial charge in [0.2, 0.25) is 0 Å². The molecule has 20 heavy (non-hydrogen) atoms. The molecule has 3 heteroatoms. The second-order valence-electron chi connectivity index (χ2n) is 6.55. The molecule has 2 unspecified atom stereocenters. The summed E-state index contributed by atoms with van der Waals surface area (Å²) in [6.07, 6.45) is 0.834. The van der Waals surface area contributed by atoms with Gasteiger partial charge in [-0.1, -0.05) is 39.0 Å². The smallest absolute Gasteiger partial charge is 0.0839 e. The Kier molecular flexibility index (Phi) is 5.44. The van der Waals surface area contributed by atoms with Crippen molar-refractivity contribution in [1.82, 2.24) is 5.32 Å². The molecule has 2 rings (SSSR count). The zero-order valence-corrected chi connectivity index (χ0v) is 13.0. The van der Waals surface area contributed by atoms with E-state index in [1.165, 1.54) is 11.3 Å². The van der Waals surface area contributed by atoms with E-state index in [0.717, 1.165) is 19.5 Å². The molecule has 112 valence electrons. The third-order valence-corrected chi connectivity index (χ3v) is 3.80. The van der Waals surface area contributed by atoms with Crippen LogP contribution >= 0.6 is 0 Å². The number of hydrogen-bond donors (Lipinski definition) is 2. The van der Waals surface area contributed by atoms with Crippen molar-refractivity contribution in [3.05, 3.63) is 29.8 Å². The summed E-state index contributed by atoms with van der Waals surface area (Å²) in [5.74, 6) is 1.28. The van der Waals surface area contributed by atoms with Crippen LogP contribution in [0.1, 0.15) is 26.3 Å². The van der Waals surface area contributed by atoms with Gasteiger partial charge in [0.1, 0.15) is 0 Å². The molecule has 0 aliphatic carbocycles. The van der Waals surface area contributed by atoms with Gasteiger partial charge in [-0.15, -0.1) is 0 Å². The molecular formula is C17H28N2O. The fraction of sp³-hybridized carbons (Fsp3) is 0.647. The highest BCUT2D eigenvalue weighted by Crippen LogP contribution is 2.29. The van der Waals surface area contributed by atoms with Crippen molar-refractivity contribution in [3.8, 4) is 0 Å². The highest BCUT2D eigenvalue weighted by molar-refractivity contribution is 5.55. The van der Waals surface area contributed by atoms with Crippen molar-refractivity contribution in [1.29, 1.82) is 0 Å². The Hall–Kier alpha value is -1.06. The highest BCUT2D eigenvalue weighted by Gasteiger charge is 2.22. The van der Waals surface area contributed by atoms with Crippen molar-refractivity contribution in [3.63, 3.8) is 0 Å². The van der Waals surface area contributed by atoms with Gasteiger partial charge in [0.15, 0.2) is 0 Å². The number of rotatable bonds is 6. The molecule has 0 aromatic heterocycles. The monoisotopic (exact) mass is 276 g/mol. The molecule has 0 amide bonds. The van der Waals surface area contributed by atoms with Crippen LogP contribution in [0.4, 0.5) is 5.69 Å². The van der Waals surface area contributed by atoms with E-state index >= 15 is 0 Å². The summed E-state index contributed by atoms with van der Waals surface area (Å²) in [4.78, 5) is 2.34. The predicted molar refractivity (Wildman–Crippen MR) is 85.2 cm³/mol. The Bertz CT molecular complexity index is 419. The molecule has 1 aliphatic heterocycles. The molecule has 2 N–H and O–H groups in total. The maximum atomic E-state index is 10.2. The Balaban J connectivity index is 1.92. The summed E-state index contributed by atoms with van der Waals surface area (Å²) in [5, 5.41) is 13.6. The summed E-state index contributed by atoms with van der Waals surface area (Å²) < 4.78 is 0. The highest BCUT2D eigenvalue weighted by atomic mass is 16.3. The Morgan fingerprint density at radius 1 is 1.30 bits per heavy atom. The van der Waals surface area contributed by atoms with Crippen molar-refractivity contribution >= 4 is 5.69 Å². The number of aliphatic hydroxyl groups is 1. The zero-order valence-electron chi connectivity index (χ0n) is 13.0. The van der Waals surface area contributed by atoms with Crippen LogP contribution < -0.4 is 10.2 Å². The third-order valence-electron chi connectivity index (χ3n) is 3.80.